The topological polar surface area (TPSA) is 40.6 Å². The minimum absolute atomic E-state index is 0.618. The number of benzene rings is 5. The molecule has 0 unspecified atom stereocenters. The molecular formula is C37H27N4+. The third kappa shape index (κ3) is 5.23. The fraction of sp³-hybridized carbons (Fsp3) is 0.0270. The van der Waals surface area contributed by atoms with E-state index in [0.29, 0.717) is 6.54 Å². The van der Waals surface area contributed by atoms with Crippen LogP contribution in [0.2, 0.25) is 0 Å². The molecule has 0 N–H and O–H groups in total. The highest BCUT2D eigenvalue weighted by Gasteiger charge is 2.24. The Morgan fingerprint density at radius 1 is 0.439 bits per heavy atom. The second-order valence-electron chi connectivity index (χ2n) is 10.1. The van der Waals surface area contributed by atoms with E-state index in [1.54, 1.807) is 0 Å². The molecule has 0 fully saturated rings. The van der Waals surface area contributed by atoms with E-state index in [1.807, 2.05) is 35.2 Å². The zero-order chi connectivity index (χ0) is 27.4. The van der Waals surface area contributed by atoms with Crippen LogP contribution in [0.1, 0.15) is 5.56 Å². The van der Waals surface area contributed by atoms with Crippen molar-refractivity contribution >= 4 is 11.4 Å². The lowest BCUT2D eigenvalue weighted by molar-refractivity contribution is -0.492. The number of pyridine rings is 1. The lowest BCUT2D eigenvalue weighted by atomic mass is 9.93. The largest absolute Gasteiger partial charge is 0.256 e. The van der Waals surface area contributed by atoms with E-state index in [1.165, 1.54) is 33.4 Å². The van der Waals surface area contributed by atoms with Crippen molar-refractivity contribution in [3.05, 3.63) is 157 Å². The van der Waals surface area contributed by atoms with E-state index in [-0.39, 0.29) is 0 Å². The summed E-state index contributed by atoms with van der Waals surface area (Å²) in [6, 6.07) is 50.8. The summed E-state index contributed by atoms with van der Waals surface area (Å²) in [6.45, 7) is 0.618. The van der Waals surface area contributed by atoms with Gasteiger partial charge in [-0.25, -0.2) is 0 Å². The van der Waals surface area contributed by atoms with Crippen LogP contribution in [0.3, 0.4) is 0 Å². The molecule has 5 aromatic carbocycles. The van der Waals surface area contributed by atoms with Gasteiger partial charge in [-0.2, -0.15) is 0 Å². The van der Waals surface area contributed by atoms with Crippen LogP contribution in [0, 0.1) is 0 Å². The van der Waals surface area contributed by atoms with E-state index < -0.39 is 0 Å². The minimum Gasteiger partial charge on any atom is -0.256 e. The summed E-state index contributed by atoms with van der Waals surface area (Å²) in [6.07, 6.45) is 1.81. The first-order valence-corrected chi connectivity index (χ1v) is 13.7. The highest BCUT2D eigenvalue weighted by Crippen LogP contribution is 2.33. The molecule has 41 heavy (non-hydrogen) atoms. The monoisotopic (exact) mass is 527 g/mol. The molecule has 2 heterocycles. The summed E-state index contributed by atoms with van der Waals surface area (Å²) >= 11 is 0. The van der Waals surface area contributed by atoms with Crippen molar-refractivity contribution in [2.24, 2.45) is 10.3 Å². The molecule has 0 amide bonds. The van der Waals surface area contributed by atoms with Crippen molar-refractivity contribution in [3.8, 4) is 44.6 Å². The fourth-order valence-corrected chi connectivity index (χ4v) is 5.21. The molecule has 0 atom stereocenters. The highest BCUT2D eigenvalue weighted by molar-refractivity contribution is 6.02. The SMILES string of the molecule is c1ccc(-c2cc(-c3ccccc3)cc(-c3ccc(C4=NN=[N+](c5cccc(-c6ccccn6)c5)C4)cc3)c2)cc1. The van der Waals surface area contributed by atoms with Crippen molar-refractivity contribution < 1.29 is 4.70 Å². The molecular weight excluding hydrogens is 500 g/mol. The number of hydrogen-bond donors (Lipinski definition) is 0. The zero-order valence-electron chi connectivity index (χ0n) is 22.4. The van der Waals surface area contributed by atoms with Crippen LogP contribution in [-0.2, 0) is 0 Å². The molecule has 0 aliphatic carbocycles. The molecule has 6 aromatic rings. The Bertz CT molecular complexity index is 1820. The Morgan fingerprint density at radius 2 is 1.00 bits per heavy atom. The third-order valence-corrected chi connectivity index (χ3v) is 7.38. The van der Waals surface area contributed by atoms with Gasteiger partial charge in [-0.1, -0.05) is 103 Å². The minimum atomic E-state index is 0.618. The normalized spacial score (nSPS) is 12.6. The summed E-state index contributed by atoms with van der Waals surface area (Å²) in [4.78, 5) is 4.48. The van der Waals surface area contributed by atoms with E-state index in [2.05, 4.69) is 137 Å². The third-order valence-electron chi connectivity index (χ3n) is 7.38. The molecule has 1 aliphatic heterocycles. The smallest absolute Gasteiger partial charge is 0.231 e. The molecule has 1 aliphatic rings. The van der Waals surface area contributed by atoms with E-state index in [9.17, 15) is 0 Å². The Kier molecular flexibility index (Phi) is 6.56. The maximum Gasteiger partial charge on any atom is 0.231 e. The van der Waals surface area contributed by atoms with Gasteiger partial charge in [0.15, 0.2) is 12.2 Å². The van der Waals surface area contributed by atoms with Crippen LogP contribution in [0.5, 0.6) is 0 Å². The molecule has 0 saturated heterocycles. The molecule has 4 heteroatoms. The lowest BCUT2D eigenvalue weighted by Gasteiger charge is -2.11. The summed E-state index contributed by atoms with van der Waals surface area (Å²) in [7, 11) is 0. The lowest BCUT2D eigenvalue weighted by Crippen LogP contribution is -2.11. The first-order chi connectivity index (χ1) is 20.3. The summed E-state index contributed by atoms with van der Waals surface area (Å²) in [5, 5.41) is 9.00. The summed E-state index contributed by atoms with van der Waals surface area (Å²) in [5.41, 5.74) is 12.2. The van der Waals surface area contributed by atoms with Crippen molar-refractivity contribution in [2.45, 2.75) is 0 Å². The second-order valence-corrected chi connectivity index (χ2v) is 10.1. The molecule has 7 rings (SSSR count). The second kappa shape index (κ2) is 10.9. The molecule has 0 radical (unpaired) electrons. The highest BCUT2D eigenvalue weighted by atomic mass is 15.5. The predicted molar refractivity (Wildman–Crippen MR) is 166 cm³/mol. The van der Waals surface area contributed by atoms with Gasteiger partial charge >= 0.3 is 0 Å². The van der Waals surface area contributed by atoms with Crippen molar-refractivity contribution in [3.63, 3.8) is 0 Å². The Hall–Kier alpha value is -5.48. The summed E-state index contributed by atoms with van der Waals surface area (Å²) < 4.78 is 1.94. The van der Waals surface area contributed by atoms with E-state index >= 15 is 0 Å². The van der Waals surface area contributed by atoms with Gasteiger partial charge < -0.3 is 0 Å². The van der Waals surface area contributed by atoms with Gasteiger partial charge in [0, 0.05) is 17.3 Å². The molecule has 194 valence electrons. The predicted octanol–water partition coefficient (Wildman–Crippen LogP) is 9.26. The van der Waals surface area contributed by atoms with Crippen molar-refractivity contribution in [1.82, 2.24) is 4.98 Å². The van der Waals surface area contributed by atoms with E-state index in [4.69, 9.17) is 0 Å². The van der Waals surface area contributed by atoms with Crippen LogP contribution in [0.15, 0.2) is 162 Å². The zero-order valence-corrected chi connectivity index (χ0v) is 22.4. The van der Waals surface area contributed by atoms with Crippen LogP contribution in [0.4, 0.5) is 5.69 Å². The molecule has 4 nitrogen and oxygen atoms in total. The van der Waals surface area contributed by atoms with Gasteiger partial charge in [0.25, 0.3) is 0 Å². The maximum atomic E-state index is 4.53. The quantitative estimate of drug-likeness (QED) is 0.199. The molecule has 0 saturated carbocycles. The van der Waals surface area contributed by atoms with Gasteiger partial charge in [-0.05, 0) is 75.8 Å². The van der Waals surface area contributed by atoms with Gasteiger partial charge in [-0.3, -0.25) is 4.98 Å². The molecule has 1 aromatic heterocycles. The molecule has 0 spiro atoms. The first-order valence-electron chi connectivity index (χ1n) is 13.7. The van der Waals surface area contributed by atoms with Gasteiger partial charge in [0.2, 0.25) is 5.71 Å². The summed E-state index contributed by atoms with van der Waals surface area (Å²) in [5.74, 6) is 0. The number of nitrogens with zero attached hydrogens (tertiary/aromatic N) is 4. The Balaban J connectivity index is 1.15. The average molecular weight is 528 g/mol. The van der Waals surface area contributed by atoms with Gasteiger partial charge in [-0.15, -0.1) is 4.70 Å². The number of rotatable bonds is 6. The molecule has 0 bridgehead atoms. The van der Waals surface area contributed by atoms with Crippen LogP contribution < -0.4 is 0 Å². The van der Waals surface area contributed by atoms with Crippen molar-refractivity contribution in [1.29, 1.82) is 0 Å². The number of aromatic nitrogens is 1. The fourth-order valence-electron chi connectivity index (χ4n) is 5.21. The Labute approximate surface area is 239 Å². The van der Waals surface area contributed by atoms with Crippen LogP contribution >= 0.6 is 0 Å². The van der Waals surface area contributed by atoms with Crippen LogP contribution in [-0.4, -0.2) is 21.9 Å². The number of hydrogen-bond acceptors (Lipinski definition) is 3. The van der Waals surface area contributed by atoms with Gasteiger partial charge in [0.1, 0.15) is 5.22 Å². The van der Waals surface area contributed by atoms with E-state index in [0.717, 1.165) is 28.2 Å². The standard InChI is InChI=1S/C37H27N4/c1-3-10-27(11-4-1)32-22-33(28-12-5-2-6-13-28)24-34(23-32)29-17-19-30(20-18-29)37-26-41(40-39-37)35-15-9-14-31(25-35)36-16-7-8-21-38-36/h1-25H,26H2/q+1. The van der Waals surface area contributed by atoms with Gasteiger partial charge in [0.05, 0.1) is 10.8 Å². The Morgan fingerprint density at radius 3 is 1.61 bits per heavy atom. The average Bonchev–Trinajstić information content (AvgIpc) is 3.57. The maximum absolute atomic E-state index is 4.53. The van der Waals surface area contributed by atoms with Crippen LogP contribution in [0.25, 0.3) is 44.6 Å². The van der Waals surface area contributed by atoms with Crippen molar-refractivity contribution in [2.75, 3.05) is 6.54 Å². The first kappa shape index (κ1) is 24.6.